The highest BCUT2D eigenvalue weighted by atomic mass is 19.2. The van der Waals surface area contributed by atoms with E-state index in [1.54, 1.807) is 29.7 Å². The number of carbonyl (C=O) groups excluding carboxylic acids is 3. The van der Waals surface area contributed by atoms with Crippen molar-refractivity contribution < 1.29 is 27.9 Å². The summed E-state index contributed by atoms with van der Waals surface area (Å²) < 4.78 is 36.9. The molecule has 3 aliphatic heterocycles. The number of imide groups is 1. The van der Waals surface area contributed by atoms with Gasteiger partial charge in [-0.3, -0.25) is 19.7 Å². The lowest BCUT2D eigenvalue weighted by molar-refractivity contribution is -0.151. The largest absolute Gasteiger partial charge is 0.372 e. The molecule has 180 valence electrons. The Morgan fingerprint density at radius 3 is 2.42 bits per heavy atom. The minimum atomic E-state index is -1.69. The zero-order valence-corrected chi connectivity index (χ0v) is 19.3. The van der Waals surface area contributed by atoms with Gasteiger partial charge in [-0.25, -0.2) is 8.78 Å². The SMILES string of the molecule is CC(=O)NC(=O)[C@]1(C(C)=O)Cc2cc(N3CCNCC3)c(F)c(F)c2N2C[C@@H](C)O[C@@H](C)[C@@H]21. The van der Waals surface area contributed by atoms with Crippen LogP contribution in [0.2, 0.25) is 0 Å². The van der Waals surface area contributed by atoms with Gasteiger partial charge in [-0.05, 0) is 38.8 Å². The van der Waals surface area contributed by atoms with Gasteiger partial charge in [0.15, 0.2) is 11.6 Å². The first-order valence-corrected chi connectivity index (χ1v) is 11.3. The summed E-state index contributed by atoms with van der Waals surface area (Å²) in [7, 11) is 0. The Balaban J connectivity index is 1.92. The summed E-state index contributed by atoms with van der Waals surface area (Å²) in [5, 5.41) is 5.45. The van der Waals surface area contributed by atoms with E-state index in [2.05, 4.69) is 10.6 Å². The van der Waals surface area contributed by atoms with Gasteiger partial charge < -0.3 is 19.9 Å². The molecule has 1 aromatic carbocycles. The molecule has 0 saturated carbocycles. The topological polar surface area (TPSA) is 91.0 Å². The molecule has 2 N–H and O–H groups in total. The summed E-state index contributed by atoms with van der Waals surface area (Å²) in [5.41, 5.74) is -1.15. The van der Waals surface area contributed by atoms with Crippen LogP contribution < -0.4 is 20.4 Å². The van der Waals surface area contributed by atoms with Crippen molar-refractivity contribution in [1.29, 1.82) is 0 Å². The number of ketones is 1. The minimum Gasteiger partial charge on any atom is -0.372 e. The van der Waals surface area contributed by atoms with E-state index < -0.39 is 46.8 Å². The van der Waals surface area contributed by atoms with Crippen LogP contribution in [-0.2, 0) is 25.5 Å². The van der Waals surface area contributed by atoms with Crippen molar-refractivity contribution in [3.8, 4) is 0 Å². The molecule has 8 nitrogen and oxygen atoms in total. The summed E-state index contributed by atoms with van der Waals surface area (Å²) in [4.78, 5) is 41.6. The predicted octanol–water partition coefficient (Wildman–Crippen LogP) is 1.15. The minimum absolute atomic E-state index is 0.0610. The van der Waals surface area contributed by atoms with Gasteiger partial charge in [-0.2, -0.15) is 0 Å². The molecule has 3 aliphatic rings. The fourth-order valence-corrected chi connectivity index (χ4v) is 5.64. The van der Waals surface area contributed by atoms with Gasteiger partial charge in [-0.15, -0.1) is 0 Å². The molecule has 0 radical (unpaired) electrons. The second-order valence-electron chi connectivity index (χ2n) is 9.23. The highest BCUT2D eigenvalue weighted by Crippen LogP contribution is 2.49. The Morgan fingerprint density at radius 2 is 1.82 bits per heavy atom. The van der Waals surface area contributed by atoms with Crippen LogP contribution >= 0.6 is 0 Å². The van der Waals surface area contributed by atoms with Gasteiger partial charge in [0, 0.05) is 39.6 Å². The van der Waals surface area contributed by atoms with E-state index in [4.69, 9.17) is 4.74 Å². The Morgan fingerprint density at radius 1 is 1.15 bits per heavy atom. The molecule has 3 heterocycles. The molecule has 4 atom stereocenters. The molecule has 0 aromatic heterocycles. The fraction of sp³-hybridized carbons (Fsp3) is 0.609. The van der Waals surface area contributed by atoms with Crippen LogP contribution in [0.1, 0.15) is 33.3 Å². The number of rotatable bonds is 3. The van der Waals surface area contributed by atoms with Crippen molar-refractivity contribution in [1.82, 2.24) is 10.6 Å². The first kappa shape index (κ1) is 23.6. The summed E-state index contributed by atoms with van der Waals surface area (Å²) in [6.45, 7) is 8.46. The summed E-state index contributed by atoms with van der Waals surface area (Å²) in [6.07, 6.45) is -1.13. The number of carbonyl (C=O) groups is 3. The number of hydrogen-bond acceptors (Lipinski definition) is 7. The summed E-state index contributed by atoms with van der Waals surface area (Å²) in [5.74, 6) is -3.73. The summed E-state index contributed by atoms with van der Waals surface area (Å²) >= 11 is 0. The standard InChI is InChI=1S/C23H30F2N4O4/c1-12-11-29-20-16(9-17(18(24)19(20)25)28-7-5-26-6-8-28)10-23(14(3)30,21(29)13(2)33-12)22(32)27-15(4)31/h9,12-13,21,26H,5-8,10-11H2,1-4H3,(H,27,31,32)/t12-,13+,21-,23+/m1/s1. The van der Waals surface area contributed by atoms with E-state index in [-0.39, 0.29) is 30.4 Å². The van der Waals surface area contributed by atoms with Crippen LogP contribution in [0, 0.1) is 17.0 Å². The zero-order chi connectivity index (χ0) is 24.1. The number of fused-ring (bicyclic) bond motifs is 3. The first-order chi connectivity index (χ1) is 15.6. The molecule has 0 unspecified atom stereocenters. The number of anilines is 2. The molecule has 0 spiro atoms. The Kier molecular flexibility index (Phi) is 6.17. The van der Waals surface area contributed by atoms with Crippen LogP contribution in [0.4, 0.5) is 20.2 Å². The Labute approximate surface area is 191 Å². The molecule has 33 heavy (non-hydrogen) atoms. The summed E-state index contributed by atoms with van der Waals surface area (Å²) in [6, 6.07) is 0.663. The van der Waals surface area contributed by atoms with Crippen molar-refractivity contribution in [2.45, 2.75) is 52.4 Å². The lowest BCUT2D eigenvalue weighted by Gasteiger charge is -2.55. The number of ether oxygens (including phenoxy) is 1. The van der Waals surface area contributed by atoms with E-state index in [0.29, 0.717) is 31.7 Å². The molecule has 1 aromatic rings. The maximum atomic E-state index is 15.6. The number of hydrogen-bond donors (Lipinski definition) is 2. The first-order valence-electron chi connectivity index (χ1n) is 11.3. The van der Waals surface area contributed by atoms with Crippen molar-refractivity contribution in [3.63, 3.8) is 0 Å². The highest BCUT2D eigenvalue weighted by molar-refractivity contribution is 6.11. The molecule has 2 saturated heterocycles. The van der Waals surface area contributed by atoms with Crippen LogP contribution in [0.15, 0.2) is 6.07 Å². The molecule has 2 amide bonds. The normalized spacial score (nSPS) is 29.2. The Hall–Kier alpha value is -2.59. The number of nitrogens with one attached hydrogen (secondary N) is 2. The lowest BCUT2D eigenvalue weighted by Crippen LogP contribution is -2.70. The molecular formula is C23H30F2N4O4. The van der Waals surface area contributed by atoms with E-state index in [1.807, 2.05) is 0 Å². The Bertz CT molecular complexity index is 997. The molecule has 10 heteroatoms. The van der Waals surface area contributed by atoms with Crippen LogP contribution in [0.25, 0.3) is 0 Å². The molecule has 0 aliphatic carbocycles. The van der Waals surface area contributed by atoms with Crippen LogP contribution in [0.5, 0.6) is 0 Å². The van der Waals surface area contributed by atoms with Crippen molar-refractivity contribution in [2.24, 2.45) is 5.41 Å². The van der Waals surface area contributed by atoms with Crippen molar-refractivity contribution >= 4 is 29.0 Å². The van der Waals surface area contributed by atoms with Crippen LogP contribution in [0.3, 0.4) is 0 Å². The second-order valence-corrected chi connectivity index (χ2v) is 9.23. The number of morpholine rings is 1. The van der Waals surface area contributed by atoms with E-state index in [0.717, 1.165) is 0 Å². The maximum Gasteiger partial charge on any atom is 0.242 e. The van der Waals surface area contributed by atoms with Gasteiger partial charge in [0.1, 0.15) is 11.2 Å². The monoisotopic (exact) mass is 464 g/mol. The number of halogens is 2. The number of benzene rings is 1. The van der Waals surface area contributed by atoms with E-state index in [1.165, 1.54) is 13.8 Å². The van der Waals surface area contributed by atoms with Crippen molar-refractivity contribution in [3.05, 3.63) is 23.3 Å². The lowest BCUT2D eigenvalue weighted by atomic mass is 9.65. The van der Waals surface area contributed by atoms with E-state index >= 15 is 8.78 Å². The smallest absolute Gasteiger partial charge is 0.242 e. The van der Waals surface area contributed by atoms with Crippen molar-refractivity contribution in [2.75, 3.05) is 42.5 Å². The third-order valence-electron chi connectivity index (χ3n) is 6.96. The predicted molar refractivity (Wildman–Crippen MR) is 118 cm³/mol. The number of piperazine rings is 1. The quantitative estimate of drug-likeness (QED) is 0.649. The number of amides is 2. The third kappa shape index (κ3) is 3.78. The average molecular weight is 465 g/mol. The maximum absolute atomic E-state index is 15.6. The van der Waals surface area contributed by atoms with E-state index in [9.17, 15) is 14.4 Å². The van der Waals surface area contributed by atoms with Gasteiger partial charge in [0.25, 0.3) is 0 Å². The average Bonchev–Trinajstić information content (AvgIpc) is 2.74. The second kappa shape index (κ2) is 8.64. The molecule has 0 bridgehead atoms. The zero-order valence-electron chi connectivity index (χ0n) is 19.3. The van der Waals surface area contributed by atoms with Gasteiger partial charge >= 0.3 is 0 Å². The van der Waals surface area contributed by atoms with Crippen LogP contribution in [-0.4, -0.2) is 68.6 Å². The van der Waals surface area contributed by atoms with Gasteiger partial charge in [-0.1, -0.05) is 0 Å². The van der Waals surface area contributed by atoms with Gasteiger partial charge in [0.2, 0.25) is 11.8 Å². The number of nitrogens with zero attached hydrogens (tertiary/aromatic N) is 2. The highest BCUT2D eigenvalue weighted by Gasteiger charge is 2.60. The number of Topliss-reactive ketones (excluding diaryl/α,β-unsaturated/α-hetero) is 1. The fourth-order valence-electron chi connectivity index (χ4n) is 5.64. The molecule has 2 fully saturated rings. The molecule has 4 rings (SSSR count). The molecular weight excluding hydrogens is 434 g/mol. The van der Waals surface area contributed by atoms with Gasteiger partial charge in [0.05, 0.1) is 29.6 Å². The third-order valence-corrected chi connectivity index (χ3v) is 6.96.